The van der Waals surface area contributed by atoms with Gasteiger partial charge in [-0.3, -0.25) is 9.59 Å². The second-order valence-electron chi connectivity index (χ2n) is 7.73. The summed E-state index contributed by atoms with van der Waals surface area (Å²) in [6.07, 6.45) is 0.547. The molecule has 10 heteroatoms. The van der Waals surface area contributed by atoms with Gasteiger partial charge < -0.3 is 14.3 Å². The lowest BCUT2D eigenvalue weighted by Crippen LogP contribution is -2.54. The molecule has 3 aliphatic heterocycles. The van der Waals surface area contributed by atoms with E-state index in [4.69, 9.17) is 21.4 Å². The second-order valence-corrected chi connectivity index (χ2v) is 8.11. The van der Waals surface area contributed by atoms with E-state index in [0.29, 0.717) is 30.0 Å². The fourth-order valence-corrected chi connectivity index (χ4v) is 4.93. The number of likely N-dealkylation sites (tertiary alicyclic amines) is 1. The Hall–Kier alpha value is -3.38. The molecule has 0 N–H and O–H groups in total. The van der Waals surface area contributed by atoms with E-state index in [1.807, 2.05) is 6.07 Å². The van der Waals surface area contributed by atoms with E-state index >= 15 is 0 Å². The van der Waals surface area contributed by atoms with Crippen molar-refractivity contribution < 1.29 is 18.9 Å². The lowest BCUT2D eigenvalue weighted by atomic mass is 10.1. The minimum absolute atomic E-state index is 0.190. The van der Waals surface area contributed by atoms with Crippen molar-refractivity contribution in [1.82, 2.24) is 15.0 Å². The van der Waals surface area contributed by atoms with Crippen LogP contribution in [0.4, 0.5) is 10.5 Å². The number of hydrogen-bond donors (Lipinski definition) is 0. The normalized spacial score (nSPS) is 24.6. The number of nitrogens with zero attached hydrogens (tertiary/aromatic N) is 5. The summed E-state index contributed by atoms with van der Waals surface area (Å²) in [7, 11) is 0. The molecule has 4 amide bonds. The van der Waals surface area contributed by atoms with Crippen molar-refractivity contribution in [2.24, 2.45) is 0 Å². The highest BCUT2D eigenvalue weighted by atomic mass is 35.5. The molecule has 152 valence electrons. The number of piperazine rings is 1. The van der Waals surface area contributed by atoms with Gasteiger partial charge in [0.05, 0.1) is 28.4 Å². The number of aryl methyl sites for hydroxylation is 1. The van der Waals surface area contributed by atoms with Gasteiger partial charge in [-0.25, -0.2) is 9.69 Å². The van der Waals surface area contributed by atoms with Crippen molar-refractivity contribution in [3.05, 3.63) is 45.8 Å². The van der Waals surface area contributed by atoms with Crippen LogP contribution in [0.3, 0.4) is 0 Å². The third kappa shape index (κ3) is 2.34. The fraction of sp³-hybridized carbons (Fsp3) is 0.350. The number of benzene rings is 1. The number of amides is 4. The number of anilines is 1. The monoisotopic (exact) mass is 425 g/mol. The highest BCUT2D eigenvalue weighted by molar-refractivity contribution is 6.33. The maximum atomic E-state index is 13.3. The Balaban J connectivity index is 1.48. The molecule has 0 spiro atoms. The van der Waals surface area contributed by atoms with Crippen molar-refractivity contribution in [1.29, 1.82) is 5.26 Å². The molecule has 3 aliphatic rings. The summed E-state index contributed by atoms with van der Waals surface area (Å²) in [5.74, 6) is -0.184. The quantitative estimate of drug-likeness (QED) is 0.682. The molecule has 4 heterocycles. The average Bonchev–Trinajstić information content (AvgIpc) is 3.48. The van der Waals surface area contributed by atoms with Crippen LogP contribution in [0, 0.1) is 25.2 Å². The number of halogens is 1. The van der Waals surface area contributed by atoms with Crippen molar-refractivity contribution in [2.45, 2.75) is 38.4 Å². The molecule has 3 saturated heterocycles. The smallest absolute Gasteiger partial charge is 0.332 e. The van der Waals surface area contributed by atoms with Crippen LogP contribution >= 0.6 is 11.6 Å². The zero-order valence-electron chi connectivity index (χ0n) is 16.1. The minimum Gasteiger partial charge on any atom is -0.361 e. The van der Waals surface area contributed by atoms with Crippen molar-refractivity contribution in [3.63, 3.8) is 0 Å². The summed E-state index contributed by atoms with van der Waals surface area (Å²) in [4.78, 5) is 43.6. The van der Waals surface area contributed by atoms with E-state index < -0.39 is 24.0 Å². The molecule has 2 aromatic rings. The average molecular weight is 426 g/mol. The van der Waals surface area contributed by atoms with Gasteiger partial charge in [0, 0.05) is 12.6 Å². The molecule has 2 bridgehead atoms. The summed E-state index contributed by atoms with van der Waals surface area (Å²) in [6.45, 7) is 3.70. The molecule has 1 aromatic heterocycles. The first-order valence-corrected chi connectivity index (χ1v) is 9.81. The molecular formula is C20H16ClN5O4. The van der Waals surface area contributed by atoms with Gasteiger partial charge >= 0.3 is 6.03 Å². The van der Waals surface area contributed by atoms with Gasteiger partial charge in [-0.05, 0) is 38.0 Å². The Kier molecular flexibility index (Phi) is 3.92. The van der Waals surface area contributed by atoms with Crippen molar-refractivity contribution in [2.75, 3.05) is 11.4 Å². The third-order valence-electron chi connectivity index (χ3n) is 6.09. The number of aromatic nitrogens is 1. The SMILES string of the molecule is Cc1cc(C(=O)N2CC3CC2[C@@H]2C(=O)N(c4ccc(C#N)c(Cl)c4C)C(=O)N32)no1. The number of rotatable bonds is 2. The van der Waals surface area contributed by atoms with Gasteiger partial charge in [0.15, 0.2) is 5.69 Å². The van der Waals surface area contributed by atoms with Crippen LogP contribution in [0.25, 0.3) is 0 Å². The standard InChI is InChI=1S/C20H16ClN5O4/c1-9-5-13(23-30-9)18(27)24-8-12-6-15(24)17-19(28)26(20(29)25(12)17)14-4-3-11(7-22)16(21)10(14)2/h3-5,12,15,17H,6,8H2,1-2H3/t12?,15?,17-/m1/s1. The molecule has 9 nitrogen and oxygen atoms in total. The largest absolute Gasteiger partial charge is 0.361 e. The number of hydrogen-bond acceptors (Lipinski definition) is 6. The number of carbonyl (C=O) groups is 3. The highest BCUT2D eigenvalue weighted by Gasteiger charge is 2.63. The number of urea groups is 1. The maximum Gasteiger partial charge on any atom is 0.332 e. The molecule has 0 radical (unpaired) electrons. The van der Waals surface area contributed by atoms with Gasteiger partial charge in [-0.2, -0.15) is 5.26 Å². The molecule has 1 aromatic carbocycles. The highest BCUT2D eigenvalue weighted by Crippen LogP contribution is 2.44. The maximum absolute atomic E-state index is 13.3. The van der Waals surface area contributed by atoms with E-state index in [9.17, 15) is 14.4 Å². The second kappa shape index (κ2) is 6.31. The Bertz CT molecular complexity index is 1170. The summed E-state index contributed by atoms with van der Waals surface area (Å²) < 4.78 is 5.00. The first-order chi connectivity index (χ1) is 14.3. The number of imide groups is 1. The summed E-state index contributed by atoms with van der Waals surface area (Å²) >= 11 is 6.24. The van der Waals surface area contributed by atoms with Crippen LogP contribution < -0.4 is 4.90 Å². The van der Waals surface area contributed by atoms with E-state index in [1.54, 1.807) is 35.8 Å². The van der Waals surface area contributed by atoms with E-state index in [2.05, 4.69) is 5.16 Å². The van der Waals surface area contributed by atoms with Crippen molar-refractivity contribution >= 4 is 35.1 Å². The number of carbonyl (C=O) groups excluding carboxylic acids is 3. The Morgan fingerprint density at radius 3 is 2.77 bits per heavy atom. The van der Waals surface area contributed by atoms with Crippen LogP contribution in [0.5, 0.6) is 0 Å². The van der Waals surface area contributed by atoms with Gasteiger partial charge in [0.1, 0.15) is 17.9 Å². The molecule has 0 saturated carbocycles. The van der Waals surface area contributed by atoms with E-state index in [1.165, 1.54) is 6.07 Å². The summed E-state index contributed by atoms with van der Waals surface area (Å²) in [6, 6.07) is 4.76. The lowest BCUT2D eigenvalue weighted by molar-refractivity contribution is -0.121. The zero-order valence-corrected chi connectivity index (χ0v) is 16.9. The third-order valence-corrected chi connectivity index (χ3v) is 6.58. The van der Waals surface area contributed by atoms with Crippen LogP contribution in [0.15, 0.2) is 22.7 Å². The fourth-order valence-electron chi connectivity index (χ4n) is 4.73. The van der Waals surface area contributed by atoms with Gasteiger partial charge in [-0.1, -0.05) is 16.8 Å². The molecule has 2 unspecified atom stereocenters. The van der Waals surface area contributed by atoms with Crippen LogP contribution in [-0.2, 0) is 4.79 Å². The van der Waals surface area contributed by atoms with Crippen LogP contribution in [0.2, 0.25) is 5.02 Å². The predicted molar refractivity (Wildman–Crippen MR) is 104 cm³/mol. The van der Waals surface area contributed by atoms with Crippen molar-refractivity contribution in [3.8, 4) is 6.07 Å². The zero-order chi connectivity index (χ0) is 21.3. The molecule has 0 aliphatic carbocycles. The molecule has 30 heavy (non-hydrogen) atoms. The minimum atomic E-state index is -0.748. The molecular weight excluding hydrogens is 410 g/mol. The van der Waals surface area contributed by atoms with Gasteiger partial charge in [0.25, 0.3) is 11.8 Å². The first-order valence-electron chi connectivity index (χ1n) is 9.43. The topological polar surface area (TPSA) is 111 Å². The van der Waals surface area contributed by atoms with E-state index in [0.717, 1.165) is 4.90 Å². The number of fused-ring (bicyclic) bond motifs is 5. The van der Waals surface area contributed by atoms with Crippen LogP contribution in [-0.4, -0.2) is 57.5 Å². The summed E-state index contributed by atoms with van der Waals surface area (Å²) in [5, 5.41) is 13.1. The number of nitriles is 1. The predicted octanol–water partition coefficient (Wildman–Crippen LogP) is 2.25. The molecule has 3 atom stereocenters. The lowest BCUT2D eigenvalue weighted by Gasteiger charge is -2.34. The van der Waals surface area contributed by atoms with E-state index in [-0.39, 0.29) is 28.2 Å². The molecule has 5 rings (SSSR count). The first kappa shape index (κ1) is 18.6. The van der Waals surface area contributed by atoms with Gasteiger partial charge in [0.2, 0.25) is 0 Å². The van der Waals surface area contributed by atoms with Crippen LogP contribution in [0.1, 0.15) is 33.8 Å². The Morgan fingerprint density at radius 2 is 2.10 bits per heavy atom. The Morgan fingerprint density at radius 1 is 1.33 bits per heavy atom. The summed E-state index contributed by atoms with van der Waals surface area (Å²) in [5.41, 5.74) is 1.30. The van der Waals surface area contributed by atoms with Gasteiger partial charge in [-0.15, -0.1) is 0 Å². The molecule has 3 fully saturated rings. The Labute approximate surface area is 176 Å².